The Labute approximate surface area is 134 Å². The number of nitrogens with zero attached hydrogens (tertiary/aromatic N) is 2. The van der Waals surface area contributed by atoms with Crippen molar-refractivity contribution in [3.63, 3.8) is 0 Å². The minimum atomic E-state index is -0.333. The van der Waals surface area contributed by atoms with Crippen LogP contribution >= 0.6 is 0 Å². The molecule has 2 N–H and O–H groups in total. The van der Waals surface area contributed by atoms with Crippen LogP contribution in [0.5, 0.6) is 5.75 Å². The first-order chi connectivity index (χ1) is 11.0. The Morgan fingerprint density at radius 2 is 2.00 bits per heavy atom. The Kier molecular flexibility index (Phi) is 5.35. The highest BCUT2D eigenvalue weighted by Gasteiger charge is 2.13. The van der Waals surface area contributed by atoms with Crippen molar-refractivity contribution in [1.82, 2.24) is 20.4 Å². The Bertz CT molecular complexity index is 709. The molecule has 0 aliphatic heterocycles. The zero-order valence-corrected chi connectivity index (χ0v) is 13.4. The van der Waals surface area contributed by atoms with Crippen molar-refractivity contribution in [1.29, 1.82) is 0 Å². The highest BCUT2D eigenvalue weighted by atomic mass is 16.5. The minimum absolute atomic E-state index is 0.0990. The Morgan fingerprint density at radius 1 is 1.26 bits per heavy atom. The van der Waals surface area contributed by atoms with E-state index in [2.05, 4.69) is 15.7 Å². The van der Waals surface area contributed by atoms with Gasteiger partial charge >= 0.3 is 0 Å². The van der Waals surface area contributed by atoms with Gasteiger partial charge in [0.05, 0.1) is 19.3 Å². The molecular weight excluding hydrogens is 296 g/mol. The van der Waals surface area contributed by atoms with Gasteiger partial charge in [0, 0.05) is 19.2 Å². The molecule has 0 bridgehead atoms. The molecule has 0 fully saturated rings. The fourth-order valence-corrected chi connectivity index (χ4v) is 2.18. The molecule has 2 amide bonds. The first-order valence-electron chi connectivity index (χ1n) is 7.18. The van der Waals surface area contributed by atoms with Crippen molar-refractivity contribution in [3.8, 4) is 5.75 Å². The van der Waals surface area contributed by atoms with E-state index in [1.54, 1.807) is 27.1 Å². The van der Waals surface area contributed by atoms with E-state index in [4.69, 9.17) is 4.74 Å². The second-order valence-corrected chi connectivity index (χ2v) is 5.07. The lowest BCUT2D eigenvalue weighted by molar-refractivity contribution is -0.120. The summed E-state index contributed by atoms with van der Waals surface area (Å²) in [6, 6.07) is 9.10. The number of para-hydroxylation sites is 1. The Morgan fingerprint density at radius 3 is 2.65 bits per heavy atom. The maximum Gasteiger partial charge on any atom is 0.269 e. The van der Waals surface area contributed by atoms with Gasteiger partial charge in [0.15, 0.2) is 0 Å². The molecule has 1 heterocycles. The zero-order valence-electron chi connectivity index (χ0n) is 13.4. The van der Waals surface area contributed by atoms with Crippen molar-refractivity contribution < 1.29 is 14.3 Å². The number of carbonyl (C=O) groups excluding carboxylic acids is 2. The van der Waals surface area contributed by atoms with Crippen molar-refractivity contribution in [2.75, 3.05) is 13.7 Å². The van der Waals surface area contributed by atoms with Gasteiger partial charge in [0.25, 0.3) is 5.91 Å². The first kappa shape index (κ1) is 16.5. The van der Waals surface area contributed by atoms with Crippen LogP contribution in [0.25, 0.3) is 0 Å². The molecule has 2 rings (SSSR count). The molecule has 0 aliphatic carbocycles. The highest BCUT2D eigenvalue weighted by Crippen LogP contribution is 2.16. The molecule has 2 aromatic rings. The Hall–Kier alpha value is -2.83. The summed E-state index contributed by atoms with van der Waals surface area (Å²) in [7, 11) is 3.26. The van der Waals surface area contributed by atoms with Crippen LogP contribution in [-0.4, -0.2) is 35.2 Å². The number of aromatic nitrogens is 2. The Balaban J connectivity index is 1.83. The van der Waals surface area contributed by atoms with Crippen LogP contribution in [0.4, 0.5) is 0 Å². The molecule has 7 heteroatoms. The number of hydrogen-bond donors (Lipinski definition) is 2. The van der Waals surface area contributed by atoms with Crippen LogP contribution in [0.3, 0.4) is 0 Å². The minimum Gasteiger partial charge on any atom is -0.496 e. The van der Waals surface area contributed by atoms with Crippen molar-refractivity contribution in [2.45, 2.75) is 13.5 Å². The number of aryl methyl sites for hydroxylation is 2. The molecule has 0 saturated heterocycles. The van der Waals surface area contributed by atoms with Gasteiger partial charge < -0.3 is 15.4 Å². The third-order valence-corrected chi connectivity index (χ3v) is 3.31. The lowest BCUT2D eigenvalue weighted by Gasteiger charge is -2.10. The summed E-state index contributed by atoms with van der Waals surface area (Å²) in [6.07, 6.45) is 0. The summed E-state index contributed by atoms with van der Waals surface area (Å²) in [5.74, 6) is 0.103. The van der Waals surface area contributed by atoms with Gasteiger partial charge in [-0.25, -0.2) is 0 Å². The SMILES string of the molecule is COc1ccccc1CNC(=O)CNC(=O)c1cc(C)nn1C. The fourth-order valence-electron chi connectivity index (χ4n) is 2.18. The fraction of sp³-hybridized carbons (Fsp3) is 0.312. The van der Waals surface area contributed by atoms with E-state index in [-0.39, 0.29) is 18.4 Å². The number of benzene rings is 1. The van der Waals surface area contributed by atoms with Crippen LogP contribution in [0.1, 0.15) is 21.7 Å². The van der Waals surface area contributed by atoms with E-state index in [9.17, 15) is 9.59 Å². The summed E-state index contributed by atoms with van der Waals surface area (Å²) >= 11 is 0. The van der Waals surface area contributed by atoms with E-state index < -0.39 is 0 Å². The zero-order chi connectivity index (χ0) is 16.8. The van der Waals surface area contributed by atoms with Crippen LogP contribution in [-0.2, 0) is 18.4 Å². The molecule has 0 spiro atoms. The molecule has 1 aromatic heterocycles. The predicted molar refractivity (Wildman–Crippen MR) is 85.1 cm³/mol. The molecule has 7 nitrogen and oxygen atoms in total. The van der Waals surface area contributed by atoms with Crippen LogP contribution < -0.4 is 15.4 Å². The molecule has 23 heavy (non-hydrogen) atoms. The van der Waals surface area contributed by atoms with Crippen LogP contribution in [0.15, 0.2) is 30.3 Å². The molecule has 0 aliphatic rings. The number of nitrogens with one attached hydrogen (secondary N) is 2. The number of methoxy groups -OCH3 is 1. The van der Waals surface area contributed by atoms with E-state index in [0.717, 1.165) is 11.3 Å². The van der Waals surface area contributed by atoms with Gasteiger partial charge in [-0.2, -0.15) is 5.10 Å². The van der Waals surface area contributed by atoms with Crippen molar-refractivity contribution in [3.05, 3.63) is 47.3 Å². The third kappa shape index (κ3) is 4.32. The third-order valence-electron chi connectivity index (χ3n) is 3.31. The summed E-state index contributed by atoms with van der Waals surface area (Å²) in [5.41, 5.74) is 2.04. The normalized spacial score (nSPS) is 10.2. The molecule has 1 aromatic carbocycles. The summed E-state index contributed by atoms with van der Waals surface area (Å²) < 4.78 is 6.70. The standard InChI is InChI=1S/C16H20N4O3/c1-11-8-13(20(2)19-11)16(22)18-10-15(21)17-9-12-6-4-5-7-14(12)23-3/h4-8H,9-10H2,1-3H3,(H,17,21)(H,18,22). The van der Waals surface area contributed by atoms with Gasteiger partial charge in [-0.3, -0.25) is 14.3 Å². The van der Waals surface area contributed by atoms with Crippen LogP contribution in [0.2, 0.25) is 0 Å². The van der Waals surface area contributed by atoms with Crippen molar-refractivity contribution in [2.24, 2.45) is 7.05 Å². The second-order valence-electron chi connectivity index (χ2n) is 5.07. The average molecular weight is 316 g/mol. The number of ether oxygens (including phenoxy) is 1. The van der Waals surface area contributed by atoms with Gasteiger partial charge in [0.2, 0.25) is 5.91 Å². The number of carbonyl (C=O) groups is 2. The maximum atomic E-state index is 12.0. The van der Waals surface area contributed by atoms with E-state index >= 15 is 0 Å². The van der Waals surface area contributed by atoms with Crippen molar-refractivity contribution >= 4 is 11.8 Å². The topological polar surface area (TPSA) is 85.2 Å². The summed E-state index contributed by atoms with van der Waals surface area (Å²) in [5, 5.41) is 9.41. The van der Waals surface area contributed by atoms with Gasteiger partial charge in [-0.05, 0) is 19.1 Å². The summed E-state index contributed by atoms with van der Waals surface area (Å²) in [6.45, 7) is 2.04. The molecular formula is C16H20N4O3. The van der Waals surface area contributed by atoms with E-state index in [1.165, 1.54) is 4.68 Å². The van der Waals surface area contributed by atoms with E-state index in [1.807, 2.05) is 24.3 Å². The molecule has 0 radical (unpaired) electrons. The molecule has 0 saturated carbocycles. The van der Waals surface area contributed by atoms with Gasteiger partial charge in [0.1, 0.15) is 11.4 Å². The van der Waals surface area contributed by atoms with Gasteiger partial charge in [-0.15, -0.1) is 0 Å². The monoisotopic (exact) mass is 316 g/mol. The number of amides is 2. The molecule has 122 valence electrons. The average Bonchev–Trinajstić information content (AvgIpc) is 2.89. The van der Waals surface area contributed by atoms with E-state index in [0.29, 0.717) is 18.0 Å². The largest absolute Gasteiger partial charge is 0.496 e. The first-order valence-corrected chi connectivity index (χ1v) is 7.18. The predicted octanol–water partition coefficient (Wildman–Crippen LogP) is 0.783. The molecule has 0 unspecified atom stereocenters. The van der Waals surface area contributed by atoms with Crippen LogP contribution in [0, 0.1) is 6.92 Å². The summed E-state index contributed by atoms with van der Waals surface area (Å²) in [4.78, 5) is 23.8. The lowest BCUT2D eigenvalue weighted by atomic mass is 10.2. The smallest absolute Gasteiger partial charge is 0.269 e. The maximum absolute atomic E-state index is 12.0. The second kappa shape index (κ2) is 7.44. The highest BCUT2D eigenvalue weighted by molar-refractivity contribution is 5.95. The van der Waals surface area contributed by atoms with Gasteiger partial charge in [-0.1, -0.05) is 18.2 Å². The number of hydrogen-bond acceptors (Lipinski definition) is 4. The lowest BCUT2D eigenvalue weighted by Crippen LogP contribution is -2.37. The quantitative estimate of drug-likeness (QED) is 0.825. The molecule has 0 atom stereocenters. The number of rotatable bonds is 6.